The van der Waals surface area contributed by atoms with Crippen LogP contribution in [0.15, 0.2) is 0 Å². The molecular weight excluding hydrogens is 316 g/mol. The van der Waals surface area contributed by atoms with Crippen molar-refractivity contribution >= 4 is 14.1 Å². The van der Waals surface area contributed by atoms with Crippen molar-refractivity contribution in [1.29, 1.82) is 0 Å². The Morgan fingerprint density at radius 2 is 1.83 bits per heavy atom. The molecule has 0 bridgehead atoms. The summed E-state index contributed by atoms with van der Waals surface area (Å²) in [5, 5.41) is 0.0528. The average molecular weight is 346 g/mol. The number of hydrogen-bond acceptors (Lipinski definition) is 6. The van der Waals surface area contributed by atoms with Crippen molar-refractivity contribution in [3.63, 3.8) is 0 Å². The molecule has 0 spiro atoms. The van der Waals surface area contributed by atoms with E-state index < -0.39 is 38.7 Å². The quantitative estimate of drug-likeness (QED) is 0.713. The van der Waals surface area contributed by atoms with E-state index in [4.69, 9.17) is 23.4 Å². The second kappa shape index (κ2) is 6.20. The predicted octanol–water partition coefficient (Wildman–Crippen LogP) is 2.47. The molecule has 2 rings (SSSR count). The summed E-state index contributed by atoms with van der Waals surface area (Å²) >= 11 is 0. The summed E-state index contributed by atoms with van der Waals surface area (Å²) in [6, 6.07) is 0. The first-order valence-corrected chi connectivity index (χ1v) is 11.0. The first-order valence-electron chi connectivity index (χ1n) is 8.08. The predicted molar refractivity (Wildman–Crippen MR) is 87.7 cm³/mol. The van der Waals surface area contributed by atoms with Crippen molar-refractivity contribution < 1.29 is 28.2 Å². The van der Waals surface area contributed by atoms with Crippen LogP contribution in [0.2, 0.25) is 18.1 Å². The van der Waals surface area contributed by atoms with Crippen LogP contribution in [0, 0.1) is 0 Å². The fourth-order valence-electron chi connectivity index (χ4n) is 2.55. The number of rotatable bonds is 5. The van der Waals surface area contributed by atoms with Crippen molar-refractivity contribution in [2.75, 3.05) is 13.7 Å². The number of carbonyl (C=O) groups excluding carboxylic acids is 1. The third-order valence-electron chi connectivity index (χ3n) is 4.96. The van der Waals surface area contributed by atoms with Gasteiger partial charge in [0.15, 0.2) is 32.3 Å². The fraction of sp³-hybridized carbons (Fsp3) is 0.938. The summed E-state index contributed by atoms with van der Waals surface area (Å²) in [6.07, 6.45) is -2.15. The highest BCUT2D eigenvalue weighted by Gasteiger charge is 2.57. The molecule has 2 fully saturated rings. The molecule has 6 nitrogen and oxygen atoms in total. The van der Waals surface area contributed by atoms with Gasteiger partial charge in [-0.15, -0.1) is 0 Å². The molecule has 134 valence electrons. The molecule has 0 aromatic carbocycles. The van der Waals surface area contributed by atoms with Gasteiger partial charge in [-0.2, -0.15) is 0 Å². The second-order valence-electron chi connectivity index (χ2n) is 8.24. The van der Waals surface area contributed by atoms with E-state index in [-0.39, 0.29) is 17.4 Å². The summed E-state index contributed by atoms with van der Waals surface area (Å²) in [6.45, 7) is 14.3. The molecule has 2 heterocycles. The number of carbonyl (C=O) groups is 1. The molecule has 0 aromatic rings. The smallest absolute Gasteiger partial charge is 0.192 e. The van der Waals surface area contributed by atoms with Crippen molar-refractivity contribution in [2.24, 2.45) is 0 Å². The normalized spacial score (nSPS) is 33.7. The van der Waals surface area contributed by atoms with Crippen molar-refractivity contribution in [2.45, 2.75) is 83.1 Å². The second-order valence-corrected chi connectivity index (χ2v) is 13.1. The number of fused-ring (bicyclic) bond motifs is 1. The maximum absolute atomic E-state index is 12.6. The van der Waals surface area contributed by atoms with E-state index in [9.17, 15) is 4.79 Å². The lowest BCUT2D eigenvalue weighted by Crippen LogP contribution is -2.46. The van der Waals surface area contributed by atoms with Crippen LogP contribution in [0.1, 0.15) is 34.6 Å². The molecule has 0 aliphatic carbocycles. The summed E-state index contributed by atoms with van der Waals surface area (Å²) in [5.74, 6) is -0.848. The third kappa shape index (κ3) is 3.86. The molecule has 4 atom stereocenters. The summed E-state index contributed by atoms with van der Waals surface area (Å²) < 4.78 is 28.7. The van der Waals surface area contributed by atoms with Crippen LogP contribution in [0.25, 0.3) is 0 Å². The Morgan fingerprint density at radius 3 is 2.35 bits per heavy atom. The summed E-state index contributed by atoms with van der Waals surface area (Å²) in [7, 11) is -0.426. The SMILES string of the molecule is CO[C@@H]1C2OC(C)(C)O[C@@H]2O[C@@H]1C(=O)CO[Si](C)(C)C(C)(C)C. The van der Waals surface area contributed by atoms with Crippen LogP contribution in [0.3, 0.4) is 0 Å². The van der Waals surface area contributed by atoms with Crippen molar-refractivity contribution in [3.8, 4) is 0 Å². The lowest BCUT2D eigenvalue weighted by Gasteiger charge is -2.36. The van der Waals surface area contributed by atoms with Crippen LogP contribution in [0.4, 0.5) is 0 Å². The topological polar surface area (TPSA) is 63.2 Å². The third-order valence-corrected chi connectivity index (χ3v) is 9.44. The largest absolute Gasteiger partial charge is 0.409 e. The Labute approximate surface area is 139 Å². The summed E-state index contributed by atoms with van der Waals surface area (Å²) in [5.41, 5.74) is 0. The lowest BCUT2D eigenvalue weighted by atomic mass is 10.1. The molecule has 1 unspecified atom stereocenters. The highest BCUT2D eigenvalue weighted by atomic mass is 28.4. The maximum atomic E-state index is 12.6. The minimum atomic E-state index is -1.98. The Kier molecular flexibility index (Phi) is 5.13. The maximum Gasteiger partial charge on any atom is 0.192 e. The van der Waals surface area contributed by atoms with E-state index in [0.717, 1.165) is 0 Å². The molecule has 2 aliphatic rings. The number of hydrogen-bond donors (Lipinski definition) is 0. The Balaban J connectivity index is 1.99. The van der Waals surface area contributed by atoms with Crippen LogP contribution in [0.5, 0.6) is 0 Å². The lowest BCUT2D eigenvalue weighted by molar-refractivity contribution is -0.216. The molecule has 7 heteroatoms. The number of methoxy groups -OCH3 is 1. The highest BCUT2D eigenvalue weighted by molar-refractivity contribution is 6.74. The van der Waals surface area contributed by atoms with Crippen LogP contribution in [-0.2, 0) is 28.2 Å². The first kappa shape index (κ1) is 19.0. The number of ketones is 1. The van der Waals surface area contributed by atoms with E-state index in [1.165, 1.54) is 0 Å². The summed E-state index contributed by atoms with van der Waals surface area (Å²) in [4.78, 5) is 12.6. The van der Waals surface area contributed by atoms with Gasteiger partial charge >= 0.3 is 0 Å². The monoisotopic (exact) mass is 346 g/mol. The molecule has 23 heavy (non-hydrogen) atoms. The van der Waals surface area contributed by atoms with Crippen LogP contribution >= 0.6 is 0 Å². The van der Waals surface area contributed by atoms with Gasteiger partial charge in [-0.25, -0.2) is 0 Å². The van der Waals surface area contributed by atoms with Gasteiger partial charge in [0, 0.05) is 7.11 Å². The van der Waals surface area contributed by atoms with Gasteiger partial charge in [0.25, 0.3) is 0 Å². The Morgan fingerprint density at radius 1 is 1.22 bits per heavy atom. The van der Waals surface area contributed by atoms with E-state index >= 15 is 0 Å². The zero-order valence-corrected chi connectivity index (χ0v) is 16.5. The van der Waals surface area contributed by atoms with Crippen molar-refractivity contribution in [1.82, 2.24) is 0 Å². The molecule has 2 aliphatic heterocycles. The minimum Gasteiger partial charge on any atom is -0.409 e. The van der Waals surface area contributed by atoms with Gasteiger partial charge in [-0.1, -0.05) is 20.8 Å². The minimum absolute atomic E-state index is 0.0316. The molecule has 0 amide bonds. The average Bonchev–Trinajstić information content (AvgIpc) is 2.85. The molecule has 0 N–H and O–H groups in total. The van der Waals surface area contributed by atoms with E-state index in [1.54, 1.807) is 7.11 Å². The van der Waals surface area contributed by atoms with Crippen LogP contribution < -0.4 is 0 Å². The fourth-order valence-corrected chi connectivity index (χ4v) is 3.48. The van der Waals surface area contributed by atoms with Gasteiger partial charge in [0.2, 0.25) is 0 Å². The molecule has 0 saturated carbocycles. The van der Waals surface area contributed by atoms with Gasteiger partial charge < -0.3 is 23.4 Å². The van der Waals surface area contributed by atoms with E-state index in [2.05, 4.69) is 33.9 Å². The van der Waals surface area contributed by atoms with Gasteiger partial charge in [0.1, 0.15) is 12.2 Å². The van der Waals surface area contributed by atoms with Gasteiger partial charge in [-0.3, -0.25) is 4.79 Å². The molecule has 0 radical (unpaired) electrons. The van der Waals surface area contributed by atoms with Crippen LogP contribution in [-0.4, -0.2) is 58.2 Å². The first-order chi connectivity index (χ1) is 10.4. The molecule has 2 saturated heterocycles. The highest BCUT2D eigenvalue weighted by Crippen LogP contribution is 2.39. The van der Waals surface area contributed by atoms with E-state index in [1.807, 2.05) is 13.8 Å². The van der Waals surface area contributed by atoms with Gasteiger partial charge in [0.05, 0.1) is 6.61 Å². The van der Waals surface area contributed by atoms with Crippen molar-refractivity contribution in [3.05, 3.63) is 0 Å². The molecular formula is C16H30O6Si. The number of ether oxygens (including phenoxy) is 4. The standard InChI is InChI=1S/C16H30O6Si/c1-15(2,3)23(7,8)19-9-10(17)11-12(18-6)13-14(20-11)22-16(4,5)21-13/h11-14H,9H2,1-8H3/t11-,12+,13?,14+/m1/s1. The zero-order valence-electron chi connectivity index (χ0n) is 15.5. The van der Waals surface area contributed by atoms with Gasteiger partial charge in [-0.05, 0) is 32.0 Å². The Bertz CT molecular complexity index is 456. The molecule has 0 aromatic heterocycles. The number of Topliss-reactive ketones (excluding diaryl/α,β-unsaturated/α-hetero) is 1. The Hall–Kier alpha value is -0.313. The zero-order chi connectivity index (χ0) is 17.6. The van der Waals surface area contributed by atoms with E-state index in [0.29, 0.717) is 0 Å².